The van der Waals surface area contributed by atoms with Crippen molar-refractivity contribution >= 4 is 25.5 Å². The molecule has 2 aromatic rings. The number of anilines is 1. The van der Waals surface area contributed by atoms with Gasteiger partial charge in [-0.25, -0.2) is 22.0 Å². The highest BCUT2D eigenvalue weighted by Gasteiger charge is 2.20. The van der Waals surface area contributed by atoms with Gasteiger partial charge in [-0.3, -0.25) is 0 Å². The molecular weight excluding hydrogens is 408 g/mol. The number of sulfonamides is 1. The van der Waals surface area contributed by atoms with E-state index in [-0.39, 0.29) is 22.0 Å². The molecule has 0 saturated heterocycles. The molecule has 0 fully saturated rings. The molecule has 0 saturated carbocycles. The summed E-state index contributed by atoms with van der Waals surface area (Å²) in [7, 11) is -3.30. The molecule has 0 unspecified atom stereocenters. The van der Waals surface area contributed by atoms with E-state index < -0.39 is 19.9 Å². The molecule has 0 aromatic heterocycles. The Hall–Kier alpha value is -2.50. The fraction of sp³-hybridized carbons (Fsp3) is 0.294. The quantitative estimate of drug-likeness (QED) is 0.641. The van der Waals surface area contributed by atoms with Crippen molar-refractivity contribution in [2.24, 2.45) is 5.14 Å². The number of hydrogen-bond acceptors (Lipinski definition) is 8. The summed E-state index contributed by atoms with van der Waals surface area (Å²) < 4.78 is 63.3. The third kappa shape index (κ3) is 4.66. The van der Waals surface area contributed by atoms with Gasteiger partial charge in [0.15, 0.2) is 21.3 Å². The van der Waals surface area contributed by atoms with Crippen LogP contribution in [0.25, 0.3) is 0 Å². The van der Waals surface area contributed by atoms with Crippen LogP contribution in [0.5, 0.6) is 17.2 Å². The van der Waals surface area contributed by atoms with Gasteiger partial charge in [0.1, 0.15) is 0 Å². The maximum atomic E-state index is 12.1. The second-order valence-electron chi connectivity index (χ2n) is 5.82. The van der Waals surface area contributed by atoms with E-state index in [0.29, 0.717) is 22.8 Å². The van der Waals surface area contributed by atoms with Crippen molar-refractivity contribution in [3.8, 4) is 17.2 Å². The van der Waals surface area contributed by atoms with E-state index in [9.17, 15) is 16.8 Å². The molecule has 0 amide bonds. The van der Waals surface area contributed by atoms with Gasteiger partial charge in [-0.05, 0) is 30.3 Å². The Morgan fingerprint density at radius 1 is 0.929 bits per heavy atom. The summed E-state index contributed by atoms with van der Waals surface area (Å²) in [5.74, 6) is 1.31. The number of methoxy groups -OCH3 is 3. The van der Waals surface area contributed by atoms with Gasteiger partial charge in [0, 0.05) is 18.4 Å². The SMILES string of the molecule is COc1ccc(CNc2ccc(S(N)(=O)=O)cc2S(C)(=O)=O)c(OC)c1OC. The highest BCUT2D eigenvalue weighted by molar-refractivity contribution is 7.91. The van der Waals surface area contributed by atoms with E-state index >= 15 is 0 Å². The third-order valence-corrected chi connectivity index (χ3v) is 5.98. The molecule has 2 aromatic carbocycles. The van der Waals surface area contributed by atoms with Crippen LogP contribution in [-0.4, -0.2) is 44.4 Å². The average Bonchev–Trinajstić information content (AvgIpc) is 2.63. The van der Waals surface area contributed by atoms with Crippen molar-refractivity contribution in [3.63, 3.8) is 0 Å². The Bertz CT molecular complexity index is 1080. The average molecular weight is 431 g/mol. The maximum absolute atomic E-state index is 12.1. The number of benzene rings is 2. The zero-order chi connectivity index (χ0) is 21.1. The van der Waals surface area contributed by atoms with Gasteiger partial charge in [-0.1, -0.05) is 0 Å². The number of sulfone groups is 1. The summed E-state index contributed by atoms with van der Waals surface area (Å²) in [6.07, 6.45) is 0.984. The van der Waals surface area contributed by atoms with E-state index in [1.54, 1.807) is 12.1 Å². The lowest BCUT2D eigenvalue weighted by Crippen LogP contribution is -2.14. The summed E-state index contributed by atoms with van der Waals surface area (Å²) in [5.41, 5.74) is 0.905. The molecule has 0 aliphatic heterocycles. The third-order valence-electron chi connectivity index (χ3n) is 3.94. The predicted octanol–water partition coefficient (Wildman–Crippen LogP) is 1.38. The fourth-order valence-electron chi connectivity index (χ4n) is 2.63. The van der Waals surface area contributed by atoms with Crippen LogP contribution in [0.1, 0.15) is 5.56 Å². The smallest absolute Gasteiger partial charge is 0.238 e. The van der Waals surface area contributed by atoms with Crippen molar-refractivity contribution in [3.05, 3.63) is 35.9 Å². The first-order valence-corrected chi connectivity index (χ1v) is 11.3. The van der Waals surface area contributed by atoms with Crippen LogP contribution in [0.15, 0.2) is 40.1 Å². The monoisotopic (exact) mass is 430 g/mol. The topological polar surface area (TPSA) is 134 Å². The van der Waals surface area contributed by atoms with E-state index in [1.165, 1.54) is 33.5 Å². The molecular formula is C17H22N2O7S2. The summed E-state index contributed by atoms with van der Waals surface area (Å²) in [6, 6.07) is 7.05. The lowest BCUT2D eigenvalue weighted by molar-refractivity contribution is 0.322. The number of nitrogens with two attached hydrogens (primary N) is 1. The van der Waals surface area contributed by atoms with Crippen molar-refractivity contribution in [2.45, 2.75) is 16.3 Å². The second kappa shape index (κ2) is 8.25. The Balaban J connectivity index is 2.45. The van der Waals surface area contributed by atoms with Gasteiger partial charge in [0.25, 0.3) is 0 Å². The molecule has 0 bridgehead atoms. The first kappa shape index (κ1) is 21.8. The minimum absolute atomic E-state index is 0.181. The van der Waals surface area contributed by atoms with Crippen molar-refractivity contribution in [1.82, 2.24) is 0 Å². The number of rotatable bonds is 8. The molecule has 0 radical (unpaired) electrons. The number of nitrogens with one attached hydrogen (secondary N) is 1. The predicted molar refractivity (Wildman–Crippen MR) is 104 cm³/mol. The van der Waals surface area contributed by atoms with E-state index in [2.05, 4.69) is 5.32 Å². The molecule has 0 spiro atoms. The van der Waals surface area contributed by atoms with Crippen LogP contribution in [0.2, 0.25) is 0 Å². The lowest BCUT2D eigenvalue weighted by Gasteiger charge is -2.17. The molecule has 0 aliphatic rings. The normalized spacial score (nSPS) is 11.8. The maximum Gasteiger partial charge on any atom is 0.238 e. The Morgan fingerprint density at radius 2 is 1.57 bits per heavy atom. The standard InChI is InChI=1S/C17H22N2O7S2/c1-24-14-8-5-11(16(25-2)17(14)26-3)10-19-13-7-6-12(28(18,22)23)9-15(13)27(4,20)21/h5-9,19H,10H2,1-4H3,(H2,18,22,23). The molecule has 0 heterocycles. The zero-order valence-corrected chi connectivity index (χ0v) is 17.5. The first-order chi connectivity index (χ1) is 13.0. The highest BCUT2D eigenvalue weighted by Crippen LogP contribution is 2.40. The van der Waals surface area contributed by atoms with Crippen LogP contribution < -0.4 is 24.7 Å². The van der Waals surface area contributed by atoms with Gasteiger partial charge in [-0.15, -0.1) is 0 Å². The summed E-state index contributed by atoms with van der Waals surface area (Å²) >= 11 is 0. The second-order valence-corrected chi connectivity index (χ2v) is 9.37. The van der Waals surface area contributed by atoms with Gasteiger partial charge in [0.2, 0.25) is 15.8 Å². The highest BCUT2D eigenvalue weighted by atomic mass is 32.2. The van der Waals surface area contributed by atoms with E-state index in [0.717, 1.165) is 12.3 Å². The molecule has 28 heavy (non-hydrogen) atoms. The van der Waals surface area contributed by atoms with Crippen LogP contribution in [-0.2, 0) is 26.4 Å². The van der Waals surface area contributed by atoms with Crippen LogP contribution in [0, 0.1) is 0 Å². The van der Waals surface area contributed by atoms with Crippen molar-refractivity contribution in [1.29, 1.82) is 0 Å². The van der Waals surface area contributed by atoms with E-state index in [4.69, 9.17) is 19.3 Å². The van der Waals surface area contributed by atoms with Gasteiger partial charge < -0.3 is 19.5 Å². The Morgan fingerprint density at radius 3 is 2.07 bits per heavy atom. The van der Waals surface area contributed by atoms with Crippen LogP contribution in [0.3, 0.4) is 0 Å². The molecule has 2 rings (SSSR count). The fourth-order valence-corrected chi connectivity index (χ4v) is 4.12. The van der Waals surface area contributed by atoms with Crippen LogP contribution in [0.4, 0.5) is 5.69 Å². The minimum atomic E-state index is -4.04. The first-order valence-electron chi connectivity index (χ1n) is 7.91. The Labute approximate surface area is 164 Å². The summed E-state index contributed by atoms with van der Waals surface area (Å²) in [4.78, 5) is -0.472. The van der Waals surface area contributed by atoms with Gasteiger partial charge in [-0.2, -0.15) is 0 Å². The summed E-state index contributed by atoms with van der Waals surface area (Å²) in [6.45, 7) is 0.181. The largest absolute Gasteiger partial charge is 0.493 e. The molecule has 0 atom stereocenters. The number of primary sulfonamides is 1. The molecule has 0 aliphatic carbocycles. The zero-order valence-electron chi connectivity index (χ0n) is 15.8. The number of hydrogen-bond donors (Lipinski definition) is 2. The molecule has 9 nitrogen and oxygen atoms in total. The van der Waals surface area contributed by atoms with Crippen LogP contribution >= 0.6 is 0 Å². The van der Waals surface area contributed by atoms with Crippen molar-refractivity contribution < 1.29 is 31.0 Å². The van der Waals surface area contributed by atoms with Crippen molar-refractivity contribution in [2.75, 3.05) is 32.9 Å². The lowest BCUT2D eigenvalue weighted by atomic mass is 10.1. The minimum Gasteiger partial charge on any atom is -0.493 e. The molecule has 11 heteroatoms. The molecule has 3 N–H and O–H groups in total. The van der Waals surface area contributed by atoms with E-state index in [1.807, 2.05) is 0 Å². The molecule has 154 valence electrons. The van der Waals surface area contributed by atoms with Gasteiger partial charge in [0.05, 0.1) is 36.8 Å². The summed E-state index contributed by atoms with van der Waals surface area (Å²) in [5, 5.41) is 8.08. The Kier molecular flexibility index (Phi) is 6.42. The number of ether oxygens (including phenoxy) is 3. The van der Waals surface area contributed by atoms with Gasteiger partial charge >= 0.3 is 0 Å².